The normalized spacial score (nSPS) is 11.5. The summed E-state index contributed by atoms with van der Waals surface area (Å²) in [6, 6.07) is 8.98. The summed E-state index contributed by atoms with van der Waals surface area (Å²) in [5, 5.41) is 8.88. The predicted molar refractivity (Wildman–Crippen MR) is 59.1 cm³/mol. The molecule has 0 radical (unpaired) electrons. The van der Waals surface area contributed by atoms with Gasteiger partial charge >= 0.3 is 5.97 Å². The zero-order valence-electron chi connectivity index (χ0n) is 8.24. The van der Waals surface area contributed by atoms with Crippen LogP contribution in [0.25, 0.3) is 0 Å². The quantitative estimate of drug-likeness (QED) is 0.792. The van der Waals surface area contributed by atoms with E-state index in [0.29, 0.717) is 5.56 Å². The summed E-state index contributed by atoms with van der Waals surface area (Å²) in [4.78, 5) is 11.4. The van der Waals surface area contributed by atoms with Crippen molar-refractivity contribution in [2.45, 2.75) is 12.8 Å². The zero-order valence-corrected chi connectivity index (χ0v) is 9.82. The maximum atomic E-state index is 11.4. The van der Waals surface area contributed by atoms with Gasteiger partial charge in [0.1, 0.15) is 0 Å². The maximum absolute atomic E-state index is 11.4. The number of halogens is 1. The van der Waals surface area contributed by atoms with Crippen molar-refractivity contribution in [3.8, 4) is 6.07 Å². The highest BCUT2D eigenvalue weighted by atomic mass is 79.9. The Hall–Kier alpha value is -1.34. The Kier molecular flexibility index (Phi) is 4.32. The number of hydrogen-bond donors (Lipinski definition) is 0. The van der Waals surface area contributed by atoms with Crippen LogP contribution in [0.1, 0.15) is 18.4 Å². The van der Waals surface area contributed by atoms with E-state index < -0.39 is 11.9 Å². The molecule has 1 rings (SSSR count). The fraction of sp³-hybridized carbons (Fsp3) is 0.273. The van der Waals surface area contributed by atoms with Crippen molar-refractivity contribution in [2.75, 3.05) is 6.61 Å². The smallest absolute Gasteiger partial charge is 0.327 e. The molecule has 0 saturated carbocycles. The highest BCUT2D eigenvalue weighted by Gasteiger charge is 2.20. The first-order valence-electron chi connectivity index (χ1n) is 4.50. The van der Waals surface area contributed by atoms with E-state index in [-0.39, 0.29) is 6.61 Å². The molecule has 0 heterocycles. The monoisotopic (exact) mass is 267 g/mol. The van der Waals surface area contributed by atoms with Gasteiger partial charge in [0.25, 0.3) is 0 Å². The van der Waals surface area contributed by atoms with Crippen LogP contribution in [0.15, 0.2) is 28.7 Å². The molecule has 0 amide bonds. The Morgan fingerprint density at radius 2 is 2.13 bits per heavy atom. The third-order valence-corrected chi connectivity index (χ3v) is 2.38. The van der Waals surface area contributed by atoms with Crippen LogP contribution in [0.5, 0.6) is 0 Å². The van der Waals surface area contributed by atoms with Crippen molar-refractivity contribution in [1.29, 1.82) is 5.26 Å². The molecule has 0 unspecified atom stereocenters. The molecule has 3 nitrogen and oxygen atoms in total. The van der Waals surface area contributed by atoms with Crippen LogP contribution in [0.3, 0.4) is 0 Å². The van der Waals surface area contributed by atoms with Crippen LogP contribution in [-0.2, 0) is 9.53 Å². The summed E-state index contributed by atoms with van der Waals surface area (Å²) in [5.41, 5.74) is 0.652. The molecule has 78 valence electrons. The lowest BCUT2D eigenvalue weighted by atomic mass is 10.0. The van der Waals surface area contributed by atoms with Crippen LogP contribution in [0, 0.1) is 11.3 Å². The van der Waals surface area contributed by atoms with Crippen molar-refractivity contribution in [2.24, 2.45) is 0 Å². The lowest BCUT2D eigenvalue weighted by Crippen LogP contribution is -2.14. The molecule has 0 spiro atoms. The minimum absolute atomic E-state index is 0.285. The third-order valence-electron chi connectivity index (χ3n) is 1.85. The molecule has 1 aromatic rings. The van der Waals surface area contributed by atoms with Crippen molar-refractivity contribution < 1.29 is 9.53 Å². The first-order valence-corrected chi connectivity index (χ1v) is 5.30. The number of carbonyl (C=O) groups excluding carboxylic acids is 1. The molecule has 0 aliphatic rings. The van der Waals surface area contributed by atoms with Crippen LogP contribution < -0.4 is 0 Å². The van der Waals surface area contributed by atoms with Gasteiger partial charge in [-0.3, -0.25) is 4.79 Å². The molecular weight excluding hydrogens is 258 g/mol. The lowest BCUT2D eigenvalue weighted by Gasteiger charge is -2.08. The van der Waals surface area contributed by atoms with E-state index in [4.69, 9.17) is 10.00 Å². The summed E-state index contributed by atoms with van der Waals surface area (Å²) < 4.78 is 5.72. The predicted octanol–water partition coefficient (Wildman–Crippen LogP) is 2.62. The average Bonchev–Trinajstić information content (AvgIpc) is 2.22. The van der Waals surface area contributed by atoms with E-state index in [1.165, 1.54) is 0 Å². The molecule has 0 N–H and O–H groups in total. The van der Waals surface area contributed by atoms with Gasteiger partial charge < -0.3 is 4.74 Å². The molecule has 0 bridgehead atoms. The van der Waals surface area contributed by atoms with Gasteiger partial charge in [-0.25, -0.2) is 0 Å². The van der Waals surface area contributed by atoms with Crippen LogP contribution in [0.2, 0.25) is 0 Å². The second-order valence-corrected chi connectivity index (χ2v) is 3.78. The molecule has 0 aliphatic carbocycles. The van der Waals surface area contributed by atoms with Crippen LogP contribution in [-0.4, -0.2) is 12.6 Å². The fourth-order valence-corrected chi connectivity index (χ4v) is 1.41. The van der Waals surface area contributed by atoms with E-state index in [0.717, 1.165) is 4.47 Å². The van der Waals surface area contributed by atoms with Gasteiger partial charge in [0.15, 0.2) is 5.92 Å². The first-order chi connectivity index (χ1) is 7.19. The van der Waals surface area contributed by atoms with Gasteiger partial charge in [-0.2, -0.15) is 5.26 Å². The van der Waals surface area contributed by atoms with Gasteiger partial charge in [0, 0.05) is 4.47 Å². The van der Waals surface area contributed by atoms with E-state index in [2.05, 4.69) is 15.9 Å². The Balaban J connectivity index is 2.89. The standard InChI is InChI=1S/C11H10BrNO2/c1-2-15-11(14)10(7-13)8-3-5-9(12)6-4-8/h3-6,10H,2H2,1H3/t10-/m0/s1. The first kappa shape index (κ1) is 11.7. The van der Waals surface area contributed by atoms with E-state index >= 15 is 0 Å². The number of nitrogens with zero attached hydrogens (tertiary/aromatic N) is 1. The largest absolute Gasteiger partial charge is 0.465 e. The molecule has 0 fully saturated rings. The summed E-state index contributed by atoms with van der Waals surface area (Å²) in [6.07, 6.45) is 0. The Bertz CT molecular complexity index is 381. The van der Waals surface area contributed by atoms with Crippen molar-refractivity contribution in [3.63, 3.8) is 0 Å². The fourth-order valence-electron chi connectivity index (χ4n) is 1.14. The van der Waals surface area contributed by atoms with Gasteiger partial charge in [-0.1, -0.05) is 28.1 Å². The van der Waals surface area contributed by atoms with E-state index in [9.17, 15) is 4.79 Å². The highest BCUT2D eigenvalue weighted by molar-refractivity contribution is 9.10. The van der Waals surface area contributed by atoms with Gasteiger partial charge in [0.05, 0.1) is 12.7 Å². The molecule has 15 heavy (non-hydrogen) atoms. The molecule has 4 heteroatoms. The molecular formula is C11H10BrNO2. The minimum atomic E-state index is -0.835. The SMILES string of the molecule is CCOC(=O)[C@@H](C#N)c1ccc(Br)cc1. The number of rotatable bonds is 3. The van der Waals surface area contributed by atoms with Crippen LogP contribution in [0.4, 0.5) is 0 Å². The maximum Gasteiger partial charge on any atom is 0.327 e. The molecule has 1 atom stereocenters. The molecule has 0 aliphatic heterocycles. The highest BCUT2D eigenvalue weighted by Crippen LogP contribution is 2.19. The third kappa shape index (κ3) is 3.07. The number of hydrogen-bond acceptors (Lipinski definition) is 3. The van der Waals surface area contributed by atoms with Crippen molar-refractivity contribution >= 4 is 21.9 Å². The van der Waals surface area contributed by atoms with Crippen LogP contribution >= 0.6 is 15.9 Å². The van der Waals surface area contributed by atoms with E-state index in [1.54, 1.807) is 31.2 Å². The number of nitriles is 1. The average molecular weight is 268 g/mol. The van der Waals surface area contributed by atoms with Gasteiger partial charge in [-0.15, -0.1) is 0 Å². The van der Waals surface area contributed by atoms with Gasteiger partial charge in [0.2, 0.25) is 0 Å². The minimum Gasteiger partial charge on any atom is -0.465 e. The Labute approximate surface area is 96.8 Å². The zero-order chi connectivity index (χ0) is 11.3. The van der Waals surface area contributed by atoms with Crippen molar-refractivity contribution in [1.82, 2.24) is 0 Å². The Morgan fingerprint density at radius 3 is 2.60 bits per heavy atom. The second-order valence-electron chi connectivity index (χ2n) is 2.87. The second kappa shape index (κ2) is 5.52. The van der Waals surface area contributed by atoms with Gasteiger partial charge in [-0.05, 0) is 24.6 Å². The lowest BCUT2D eigenvalue weighted by molar-refractivity contribution is -0.143. The van der Waals surface area contributed by atoms with Crippen molar-refractivity contribution in [3.05, 3.63) is 34.3 Å². The number of carbonyl (C=O) groups is 1. The summed E-state index contributed by atoms with van der Waals surface area (Å²) in [5.74, 6) is -1.33. The topological polar surface area (TPSA) is 50.1 Å². The Morgan fingerprint density at radius 1 is 1.53 bits per heavy atom. The summed E-state index contributed by atoms with van der Waals surface area (Å²) in [6.45, 7) is 2.00. The number of ether oxygens (including phenoxy) is 1. The summed E-state index contributed by atoms with van der Waals surface area (Å²) in [7, 11) is 0. The number of esters is 1. The summed E-state index contributed by atoms with van der Waals surface area (Å²) >= 11 is 3.29. The van der Waals surface area contributed by atoms with E-state index in [1.807, 2.05) is 6.07 Å². The number of benzene rings is 1. The molecule has 0 aromatic heterocycles. The molecule has 0 saturated heterocycles. The molecule has 1 aromatic carbocycles.